The maximum atomic E-state index is 12.9. The number of hydrogen-bond donors (Lipinski definition) is 1. The molecule has 0 bridgehead atoms. The molecule has 0 saturated heterocycles. The van der Waals surface area contributed by atoms with E-state index in [2.05, 4.69) is 30.0 Å². The highest BCUT2D eigenvalue weighted by atomic mass is 19.4. The monoisotopic (exact) mass is 487 g/mol. The summed E-state index contributed by atoms with van der Waals surface area (Å²) in [5.74, 6) is -2.03. The number of nitrogens with zero attached hydrogens (tertiary/aromatic N) is 4. The molecule has 0 radical (unpaired) electrons. The van der Waals surface area contributed by atoms with E-state index in [1.807, 2.05) is 0 Å². The predicted molar refractivity (Wildman–Crippen MR) is 121 cm³/mol. The Bertz CT molecular complexity index is 1470. The van der Waals surface area contributed by atoms with E-state index in [1.165, 1.54) is 14.2 Å². The third-order valence-electron chi connectivity index (χ3n) is 5.13. The zero-order valence-corrected chi connectivity index (χ0v) is 19.4. The normalized spacial score (nSPS) is 11.5. The van der Waals surface area contributed by atoms with Crippen LogP contribution >= 0.6 is 0 Å². The molecule has 0 spiro atoms. The second-order valence-electron chi connectivity index (χ2n) is 7.70. The van der Waals surface area contributed by atoms with Gasteiger partial charge in [0.15, 0.2) is 0 Å². The molecule has 9 nitrogen and oxygen atoms in total. The van der Waals surface area contributed by atoms with Crippen molar-refractivity contribution in [3.63, 3.8) is 0 Å². The molecule has 4 aromatic rings. The van der Waals surface area contributed by atoms with E-state index in [1.54, 1.807) is 45.0 Å². The largest absolute Gasteiger partial charge is 0.497 e. The van der Waals surface area contributed by atoms with Crippen LogP contribution in [0.2, 0.25) is 0 Å². The second-order valence-corrected chi connectivity index (χ2v) is 7.70. The maximum absolute atomic E-state index is 12.9. The number of halogens is 3. The first-order chi connectivity index (χ1) is 16.5. The Balaban J connectivity index is 1.84. The molecule has 4 rings (SSSR count). The van der Waals surface area contributed by atoms with E-state index in [0.29, 0.717) is 39.2 Å². The lowest BCUT2D eigenvalue weighted by molar-refractivity contribution is -0.189. The summed E-state index contributed by atoms with van der Waals surface area (Å²) in [5, 5.41) is 3.64. The summed E-state index contributed by atoms with van der Waals surface area (Å²) < 4.78 is 54.0. The van der Waals surface area contributed by atoms with Crippen LogP contribution in [0.5, 0.6) is 17.4 Å². The SMILES string of the molecule is COc1cc(OC)c2nc(Nc3nc(OC(=O)C(F)(F)F)c4cc(C)cc(C)c4n3)nc(C)c2c1. The fourth-order valence-electron chi connectivity index (χ4n) is 3.59. The summed E-state index contributed by atoms with van der Waals surface area (Å²) in [7, 11) is 3.01. The van der Waals surface area contributed by atoms with Crippen LogP contribution in [-0.2, 0) is 4.79 Å². The summed E-state index contributed by atoms with van der Waals surface area (Å²) in [5.41, 5.74) is 2.74. The average molecular weight is 487 g/mol. The number of hydrogen-bond acceptors (Lipinski definition) is 9. The lowest BCUT2D eigenvalue weighted by Gasteiger charge is -2.14. The van der Waals surface area contributed by atoms with Gasteiger partial charge in [0.1, 0.15) is 17.0 Å². The molecule has 0 aliphatic carbocycles. The minimum absolute atomic E-state index is 0.0654. The summed E-state index contributed by atoms with van der Waals surface area (Å²) in [6, 6.07) is 6.75. The fraction of sp³-hybridized carbons (Fsp3) is 0.261. The highest BCUT2D eigenvalue weighted by Crippen LogP contribution is 2.33. The zero-order valence-electron chi connectivity index (χ0n) is 19.4. The van der Waals surface area contributed by atoms with Crippen LogP contribution in [0.15, 0.2) is 24.3 Å². The molecule has 2 aromatic heterocycles. The van der Waals surface area contributed by atoms with Gasteiger partial charge in [0.25, 0.3) is 0 Å². The third kappa shape index (κ3) is 4.72. The standard InChI is InChI=1S/C23H20F3N5O4/c1-10-6-11(2)17-15(7-10)19(35-20(32)23(24,25)26)30-22(28-17)31-21-27-12(3)14-8-13(33-4)9-16(34-5)18(14)29-21/h6-9H,1-5H3,(H,27,28,29,30,31). The van der Waals surface area contributed by atoms with E-state index < -0.39 is 18.0 Å². The second kappa shape index (κ2) is 8.85. The van der Waals surface area contributed by atoms with Crippen LogP contribution in [0.25, 0.3) is 21.8 Å². The van der Waals surface area contributed by atoms with Crippen LogP contribution in [-0.4, -0.2) is 46.3 Å². The Hall–Kier alpha value is -4.22. The zero-order chi connectivity index (χ0) is 25.5. The summed E-state index contributed by atoms with van der Waals surface area (Å²) in [4.78, 5) is 28.8. The number of fused-ring (bicyclic) bond motifs is 2. The Kier molecular flexibility index (Phi) is 6.05. The molecule has 0 unspecified atom stereocenters. The van der Waals surface area contributed by atoms with E-state index in [4.69, 9.17) is 9.47 Å². The molecule has 0 atom stereocenters. The first kappa shape index (κ1) is 23.9. The minimum Gasteiger partial charge on any atom is -0.497 e. The number of alkyl halides is 3. The van der Waals surface area contributed by atoms with Crippen molar-refractivity contribution >= 4 is 39.7 Å². The summed E-state index contributed by atoms with van der Waals surface area (Å²) >= 11 is 0. The Morgan fingerprint density at radius 3 is 2.20 bits per heavy atom. The Morgan fingerprint density at radius 2 is 1.54 bits per heavy atom. The first-order valence-electron chi connectivity index (χ1n) is 10.3. The van der Waals surface area contributed by atoms with E-state index >= 15 is 0 Å². The van der Waals surface area contributed by atoms with Crippen LogP contribution < -0.4 is 19.5 Å². The number of aromatic nitrogens is 4. The number of rotatable bonds is 5. The molecule has 0 aliphatic rings. The van der Waals surface area contributed by atoms with Crippen LogP contribution in [0, 0.1) is 20.8 Å². The highest BCUT2D eigenvalue weighted by Gasteiger charge is 2.42. The number of ether oxygens (including phenoxy) is 3. The fourth-order valence-corrected chi connectivity index (χ4v) is 3.59. The molecule has 1 N–H and O–H groups in total. The lowest BCUT2D eigenvalue weighted by atomic mass is 10.1. The number of carbonyl (C=O) groups excluding carboxylic acids is 1. The van der Waals surface area contributed by atoms with Crippen molar-refractivity contribution < 1.29 is 32.2 Å². The van der Waals surface area contributed by atoms with E-state index in [-0.39, 0.29) is 17.3 Å². The van der Waals surface area contributed by atoms with Gasteiger partial charge in [-0.3, -0.25) is 5.32 Å². The van der Waals surface area contributed by atoms with Crippen LogP contribution in [0.1, 0.15) is 16.8 Å². The number of nitrogens with one attached hydrogen (secondary N) is 1. The Morgan fingerprint density at radius 1 is 0.857 bits per heavy atom. The topological polar surface area (TPSA) is 108 Å². The van der Waals surface area contributed by atoms with Gasteiger partial charge in [-0.25, -0.2) is 19.7 Å². The van der Waals surface area contributed by atoms with Crippen molar-refractivity contribution in [1.82, 2.24) is 19.9 Å². The quantitative estimate of drug-likeness (QED) is 0.400. The van der Waals surface area contributed by atoms with Gasteiger partial charge in [0, 0.05) is 11.5 Å². The first-order valence-corrected chi connectivity index (χ1v) is 10.3. The number of anilines is 2. The molecule has 12 heteroatoms. The predicted octanol–water partition coefficient (Wildman–Crippen LogP) is 4.73. The Labute approximate surface area is 197 Å². The number of aryl methyl sites for hydroxylation is 3. The van der Waals surface area contributed by atoms with Gasteiger partial charge in [0.2, 0.25) is 17.8 Å². The average Bonchev–Trinajstić information content (AvgIpc) is 2.78. The number of carbonyl (C=O) groups is 1. The molecule has 0 aliphatic heterocycles. The smallest absolute Gasteiger partial charge is 0.491 e. The molecular formula is C23H20F3N5O4. The molecule has 35 heavy (non-hydrogen) atoms. The molecule has 0 saturated carbocycles. The molecule has 0 fully saturated rings. The van der Waals surface area contributed by atoms with Crippen molar-refractivity contribution in [2.24, 2.45) is 0 Å². The number of esters is 1. The molecular weight excluding hydrogens is 467 g/mol. The van der Waals surface area contributed by atoms with Gasteiger partial charge < -0.3 is 14.2 Å². The number of benzene rings is 2. The molecule has 2 aromatic carbocycles. The molecule has 2 heterocycles. The third-order valence-corrected chi connectivity index (χ3v) is 5.13. The van der Waals surface area contributed by atoms with Gasteiger partial charge in [-0.15, -0.1) is 0 Å². The lowest BCUT2D eigenvalue weighted by Crippen LogP contribution is -2.28. The highest BCUT2D eigenvalue weighted by molar-refractivity contribution is 5.91. The van der Waals surface area contributed by atoms with Crippen LogP contribution in [0.3, 0.4) is 0 Å². The van der Waals surface area contributed by atoms with Gasteiger partial charge >= 0.3 is 12.1 Å². The summed E-state index contributed by atoms with van der Waals surface area (Å²) in [6.07, 6.45) is -5.19. The van der Waals surface area contributed by atoms with Crippen molar-refractivity contribution in [2.45, 2.75) is 26.9 Å². The van der Waals surface area contributed by atoms with Crippen molar-refractivity contribution in [1.29, 1.82) is 0 Å². The van der Waals surface area contributed by atoms with Crippen molar-refractivity contribution in [3.05, 3.63) is 41.1 Å². The van der Waals surface area contributed by atoms with E-state index in [0.717, 1.165) is 5.56 Å². The van der Waals surface area contributed by atoms with Gasteiger partial charge in [0.05, 0.1) is 30.8 Å². The summed E-state index contributed by atoms with van der Waals surface area (Å²) in [6.45, 7) is 5.23. The van der Waals surface area contributed by atoms with Gasteiger partial charge in [-0.2, -0.15) is 18.2 Å². The van der Waals surface area contributed by atoms with Gasteiger partial charge in [-0.05, 0) is 44.0 Å². The molecule has 182 valence electrons. The number of methoxy groups -OCH3 is 2. The van der Waals surface area contributed by atoms with Crippen molar-refractivity contribution in [3.8, 4) is 17.4 Å². The maximum Gasteiger partial charge on any atom is 0.491 e. The minimum atomic E-state index is -5.19. The van der Waals surface area contributed by atoms with E-state index in [9.17, 15) is 18.0 Å². The van der Waals surface area contributed by atoms with Gasteiger partial charge in [-0.1, -0.05) is 6.07 Å². The molecule has 0 amide bonds. The van der Waals surface area contributed by atoms with Crippen molar-refractivity contribution in [2.75, 3.05) is 19.5 Å². The van der Waals surface area contributed by atoms with Crippen LogP contribution in [0.4, 0.5) is 25.1 Å².